The summed E-state index contributed by atoms with van der Waals surface area (Å²) in [6.07, 6.45) is 0.934. The van der Waals surface area contributed by atoms with Crippen LogP contribution in [0.2, 0.25) is 0 Å². The van der Waals surface area contributed by atoms with Gasteiger partial charge in [-0.05, 0) is 48.8 Å². The maximum atomic E-state index is 5.69. The summed E-state index contributed by atoms with van der Waals surface area (Å²) in [5.41, 5.74) is 9.65. The number of nitrogens with two attached hydrogens (primary N) is 1. The third-order valence-corrected chi connectivity index (χ3v) is 3.56. The van der Waals surface area contributed by atoms with Crippen LogP contribution >= 0.6 is 0 Å². The average molecular weight is 284 g/mol. The van der Waals surface area contributed by atoms with Crippen molar-refractivity contribution >= 4 is 0 Å². The Morgan fingerprint density at radius 1 is 1.00 bits per heavy atom. The van der Waals surface area contributed by atoms with Crippen LogP contribution in [0.15, 0.2) is 48.5 Å². The lowest BCUT2D eigenvalue weighted by Gasteiger charge is -2.19. The zero-order valence-electron chi connectivity index (χ0n) is 12.9. The lowest BCUT2D eigenvalue weighted by atomic mass is 10.0. The number of rotatable bonds is 7. The van der Waals surface area contributed by atoms with E-state index in [1.165, 1.54) is 16.7 Å². The van der Waals surface area contributed by atoms with E-state index in [0.717, 1.165) is 25.3 Å². The molecule has 0 aliphatic rings. The topological polar surface area (TPSA) is 38.5 Å². The number of hydrogen-bond acceptors (Lipinski definition) is 3. The van der Waals surface area contributed by atoms with Crippen LogP contribution in [0.4, 0.5) is 0 Å². The maximum absolute atomic E-state index is 5.69. The fourth-order valence-corrected chi connectivity index (χ4v) is 2.54. The van der Waals surface area contributed by atoms with Crippen LogP contribution in [-0.4, -0.2) is 25.6 Å². The molecule has 2 rings (SSSR count). The second-order valence-corrected chi connectivity index (χ2v) is 5.33. The monoisotopic (exact) mass is 284 g/mol. The molecule has 2 N–H and O–H groups in total. The van der Waals surface area contributed by atoms with Gasteiger partial charge >= 0.3 is 0 Å². The molecule has 0 atom stereocenters. The van der Waals surface area contributed by atoms with Crippen LogP contribution < -0.4 is 10.5 Å². The molecule has 0 aliphatic heterocycles. The standard InChI is InChI=1S/C18H24N2O/c1-20(13-15-6-5-9-18(12-15)21-2)14-17-8-4-3-7-16(17)10-11-19/h3-9,12H,10-11,13-14,19H2,1-2H3. The molecule has 0 saturated heterocycles. The van der Waals surface area contributed by atoms with Gasteiger partial charge in [-0.25, -0.2) is 0 Å². The van der Waals surface area contributed by atoms with Gasteiger partial charge in [0.25, 0.3) is 0 Å². The van der Waals surface area contributed by atoms with Crippen LogP contribution in [0.1, 0.15) is 16.7 Å². The van der Waals surface area contributed by atoms with Gasteiger partial charge in [0.15, 0.2) is 0 Å². The molecule has 0 spiro atoms. The molecule has 0 saturated carbocycles. The van der Waals surface area contributed by atoms with Gasteiger partial charge in [0.2, 0.25) is 0 Å². The minimum Gasteiger partial charge on any atom is -0.497 e. The maximum Gasteiger partial charge on any atom is 0.119 e. The summed E-state index contributed by atoms with van der Waals surface area (Å²) < 4.78 is 5.27. The van der Waals surface area contributed by atoms with Crippen LogP contribution in [0.5, 0.6) is 5.75 Å². The lowest BCUT2D eigenvalue weighted by molar-refractivity contribution is 0.317. The molecule has 0 aromatic heterocycles. The third-order valence-electron chi connectivity index (χ3n) is 3.56. The molecule has 0 aliphatic carbocycles. The van der Waals surface area contributed by atoms with Crippen molar-refractivity contribution in [1.29, 1.82) is 0 Å². The van der Waals surface area contributed by atoms with Crippen molar-refractivity contribution in [2.75, 3.05) is 20.7 Å². The zero-order chi connectivity index (χ0) is 15.1. The number of methoxy groups -OCH3 is 1. The first kappa shape index (κ1) is 15.5. The van der Waals surface area contributed by atoms with Crippen LogP contribution in [0.3, 0.4) is 0 Å². The van der Waals surface area contributed by atoms with Gasteiger partial charge in [-0.1, -0.05) is 36.4 Å². The second kappa shape index (κ2) is 7.81. The van der Waals surface area contributed by atoms with Gasteiger partial charge in [-0.2, -0.15) is 0 Å². The Balaban J connectivity index is 2.02. The van der Waals surface area contributed by atoms with Crippen molar-refractivity contribution in [2.24, 2.45) is 5.73 Å². The largest absolute Gasteiger partial charge is 0.497 e. The number of hydrogen-bond donors (Lipinski definition) is 1. The third kappa shape index (κ3) is 4.59. The molecule has 3 heteroatoms. The van der Waals surface area contributed by atoms with E-state index in [1.807, 2.05) is 12.1 Å². The van der Waals surface area contributed by atoms with Crippen molar-refractivity contribution in [2.45, 2.75) is 19.5 Å². The Morgan fingerprint density at radius 3 is 2.48 bits per heavy atom. The molecule has 0 bridgehead atoms. The van der Waals surface area contributed by atoms with E-state index < -0.39 is 0 Å². The van der Waals surface area contributed by atoms with Gasteiger partial charge in [-0.15, -0.1) is 0 Å². The molecule has 21 heavy (non-hydrogen) atoms. The summed E-state index contributed by atoms with van der Waals surface area (Å²) >= 11 is 0. The minimum atomic E-state index is 0.691. The first-order valence-corrected chi connectivity index (χ1v) is 7.31. The van der Waals surface area contributed by atoms with Gasteiger partial charge in [0, 0.05) is 13.1 Å². The van der Waals surface area contributed by atoms with E-state index in [2.05, 4.69) is 48.3 Å². The molecule has 0 unspecified atom stereocenters. The van der Waals surface area contributed by atoms with Gasteiger partial charge < -0.3 is 10.5 Å². The first-order chi connectivity index (χ1) is 10.2. The predicted octanol–water partition coefficient (Wildman–Crippen LogP) is 2.83. The highest BCUT2D eigenvalue weighted by atomic mass is 16.5. The molecule has 112 valence electrons. The minimum absolute atomic E-state index is 0.691. The summed E-state index contributed by atoms with van der Waals surface area (Å²) in [5, 5.41) is 0. The summed E-state index contributed by atoms with van der Waals surface area (Å²) in [6.45, 7) is 2.51. The SMILES string of the molecule is COc1cccc(CN(C)Cc2ccccc2CCN)c1. The van der Waals surface area contributed by atoms with Gasteiger partial charge in [-0.3, -0.25) is 4.90 Å². The van der Waals surface area contributed by atoms with Crippen molar-refractivity contribution in [3.05, 3.63) is 65.2 Å². The summed E-state index contributed by atoms with van der Waals surface area (Å²) in [4.78, 5) is 2.31. The van der Waals surface area contributed by atoms with E-state index in [1.54, 1.807) is 7.11 Å². The summed E-state index contributed by atoms with van der Waals surface area (Å²) in [5.74, 6) is 0.907. The van der Waals surface area contributed by atoms with Crippen LogP contribution in [-0.2, 0) is 19.5 Å². The Hall–Kier alpha value is -1.84. The van der Waals surface area contributed by atoms with Crippen LogP contribution in [0, 0.1) is 0 Å². The van der Waals surface area contributed by atoms with E-state index in [9.17, 15) is 0 Å². The van der Waals surface area contributed by atoms with E-state index >= 15 is 0 Å². The normalized spacial score (nSPS) is 10.9. The smallest absolute Gasteiger partial charge is 0.119 e. The molecule has 0 heterocycles. The van der Waals surface area contributed by atoms with Crippen molar-refractivity contribution in [1.82, 2.24) is 4.90 Å². The molecular weight excluding hydrogens is 260 g/mol. The Labute approximate surface area is 127 Å². The predicted molar refractivity (Wildman–Crippen MR) is 87.4 cm³/mol. The highest BCUT2D eigenvalue weighted by Gasteiger charge is 2.06. The molecule has 2 aromatic carbocycles. The zero-order valence-corrected chi connectivity index (χ0v) is 12.9. The van der Waals surface area contributed by atoms with Crippen molar-refractivity contribution in [3.63, 3.8) is 0 Å². The van der Waals surface area contributed by atoms with Crippen molar-refractivity contribution < 1.29 is 4.74 Å². The van der Waals surface area contributed by atoms with Crippen molar-refractivity contribution in [3.8, 4) is 5.75 Å². The van der Waals surface area contributed by atoms with E-state index in [4.69, 9.17) is 10.5 Å². The van der Waals surface area contributed by atoms with Crippen LogP contribution in [0.25, 0.3) is 0 Å². The fraction of sp³-hybridized carbons (Fsp3) is 0.333. The van der Waals surface area contributed by atoms with E-state index in [-0.39, 0.29) is 0 Å². The first-order valence-electron chi connectivity index (χ1n) is 7.31. The summed E-state index contributed by atoms with van der Waals surface area (Å²) in [6, 6.07) is 16.7. The molecule has 2 aromatic rings. The number of ether oxygens (including phenoxy) is 1. The second-order valence-electron chi connectivity index (χ2n) is 5.33. The quantitative estimate of drug-likeness (QED) is 0.849. The molecule has 3 nitrogen and oxygen atoms in total. The number of benzene rings is 2. The number of nitrogens with zero attached hydrogens (tertiary/aromatic N) is 1. The highest BCUT2D eigenvalue weighted by molar-refractivity contribution is 5.29. The summed E-state index contributed by atoms with van der Waals surface area (Å²) in [7, 11) is 3.84. The van der Waals surface area contributed by atoms with E-state index in [0.29, 0.717) is 6.54 Å². The Bertz CT molecular complexity index is 569. The molecule has 0 fully saturated rings. The van der Waals surface area contributed by atoms with Gasteiger partial charge in [0.1, 0.15) is 5.75 Å². The highest BCUT2D eigenvalue weighted by Crippen LogP contribution is 2.16. The lowest BCUT2D eigenvalue weighted by Crippen LogP contribution is -2.18. The van der Waals surface area contributed by atoms with Gasteiger partial charge in [0.05, 0.1) is 7.11 Å². The molecule has 0 radical (unpaired) electrons. The Kier molecular flexibility index (Phi) is 5.78. The average Bonchev–Trinajstić information content (AvgIpc) is 2.49. The Morgan fingerprint density at radius 2 is 1.76 bits per heavy atom. The molecule has 0 amide bonds. The molecular formula is C18H24N2O. The fourth-order valence-electron chi connectivity index (χ4n) is 2.54.